The fourth-order valence-electron chi connectivity index (χ4n) is 2.62. The summed E-state index contributed by atoms with van der Waals surface area (Å²) in [5.74, 6) is 0.866. The van der Waals surface area contributed by atoms with Crippen molar-refractivity contribution in [3.63, 3.8) is 0 Å². The number of carbonyl (C=O) groups is 2. The molecule has 1 saturated heterocycles. The van der Waals surface area contributed by atoms with Gasteiger partial charge in [-0.3, -0.25) is 9.59 Å². The van der Waals surface area contributed by atoms with Gasteiger partial charge in [0, 0.05) is 24.9 Å². The van der Waals surface area contributed by atoms with Crippen molar-refractivity contribution in [2.75, 3.05) is 0 Å². The minimum atomic E-state index is -0.365. The number of hydrogen-bond donors (Lipinski definition) is 1. The van der Waals surface area contributed by atoms with Gasteiger partial charge >= 0.3 is 0 Å². The number of aromatic nitrogens is 2. The highest BCUT2D eigenvalue weighted by atomic mass is 16.2. The van der Waals surface area contributed by atoms with Crippen molar-refractivity contribution in [3.8, 4) is 0 Å². The van der Waals surface area contributed by atoms with Gasteiger partial charge < -0.3 is 10.2 Å². The zero-order valence-corrected chi connectivity index (χ0v) is 11.5. The molecule has 3 rings (SSSR count). The van der Waals surface area contributed by atoms with Gasteiger partial charge in [0.05, 0.1) is 6.54 Å². The second kappa shape index (κ2) is 5.19. The molecule has 2 unspecified atom stereocenters. The lowest BCUT2D eigenvalue weighted by Gasteiger charge is -2.28. The second-order valence-electron chi connectivity index (χ2n) is 5.57. The van der Waals surface area contributed by atoms with Crippen LogP contribution in [0.2, 0.25) is 0 Å². The fraction of sp³-hybridized carbons (Fsp3) is 0.571. The quantitative estimate of drug-likeness (QED) is 0.870. The van der Waals surface area contributed by atoms with Crippen molar-refractivity contribution in [2.24, 2.45) is 5.92 Å². The van der Waals surface area contributed by atoms with Gasteiger partial charge in [-0.1, -0.05) is 0 Å². The van der Waals surface area contributed by atoms with E-state index in [1.54, 1.807) is 23.4 Å². The van der Waals surface area contributed by atoms with Crippen LogP contribution in [0.15, 0.2) is 18.5 Å². The van der Waals surface area contributed by atoms with Crippen LogP contribution in [0, 0.1) is 5.92 Å². The molecule has 2 heterocycles. The van der Waals surface area contributed by atoms with Crippen LogP contribution in [0.1, 0.15) is 32.0 Å². The predicted molar refractivity (Wildman–Crippen MR) is 71.3 cm³/mol. The Morgan fingerprint density at radius 2 is 2.00 bits per heavy atom. The second-order valence-corrected chi connectivity index (χ2v) is 5.57. The number of nitrogens with zero attached hydrogens (tertiary/aromatic N) is 3. The largest absolute Gasteiger partial charge is 0.344 e. The molecule has 0 spiro atoms. The Bertz CT molecular complexity index is 515. The highest BCUT2D eigenvalue weighted by molar-refractivity contribution is 5.90. The summed E-state index contributed by atoms with van der Waals surface area (Å²) < 4.78 is 0. The summed E-state index contributed by atoms with van der Waals surface area (Å²) in [7, 11) is 0. The first-order chi connectivity index (χ1) is 9.65. The van der Waals surface area contributed by atoms with Gasteiger partial charge in [0.1, 0.15) is 11.9 Å². The van der Waals surface area contributed by atoms with E-state index in [1.165, 1.54) is 0 Å². The van der Waals surface area contributed by atoms with Crippen LogP contribution in [-0.4, -0.2) is 38.8 Å². The van der Waals surface area contributed by atoms with Crippen LogP contribution in [-0.2, 0) is 16.1 Å². The average molecular weight is 274 g/mol. The summed E-state index contributed by atoms with van der Waals surface area (Å²) >= 11 is 0. The Morgan fingerprint density at radius 3 is 2.65 bits per heavy atom. The Hall–Kier alpha value is -1.98. The molecule has 1 aliphatic carbocycles. The molecule has 0 aromatic carbocycles. The summed E-state index contributed by atoms with van der Waals surface area (Å²) in [6.07, 6.45) is 5.69. The van der Waals surface area contributed by atoms with Gasteiger partial charge in [0.2, 0.25) is 11.8 Å². The van der Waals surface area contributed by atoms with Gasteiger partial charge in [0.15, 0.2) is 0 Å². The first kappa shape index (κ1) is 13.0. The number of amides is 2. The predicted octanol–water partition coefficient (Wildman–Crippen LogP) is 0.492. The number of carbonyl (C=O) groups excluding carboxylic acids is 2. The Balaban J connectivity index is 1.82. The number of rotatable bonds is 3. The minimum Gasteiger partial charge on any atom is -0.344 e. The summed E-state index contributed by atoms with van der Waals surface area (Å²) in [6, 6.07) is 1.25. The molecular weight excluding hydrogens is 256 g/mol. The molecule has 106 valence electrons. The molecule has 1 aromatic rings. The highest BCUT2D eigenvalue weighted by Crippen LogP contribution is 2.34. The number of hydrogen-bond acceptors (Lipinski definition) is 4. The molecule has 1 aromatic heterocycles. The number of nitrogens with one attached hydrogen (secondary N) is 1. The molecule has 2 fully saturated rings. The molecular formula is C14H18N4O2. The van der Waals surface area contributed by atoms with Crippen LogP contribution >= 0.6 is 0 Å². The maximum Gasteiger partial charge on any atom is 0.246 e. The van der Waals surface area contributed by atoms with Crippen molar-refractivity contribution >= 4 is 11.8 Å². The Labute approximate surface area is 117 Å². The van der Waals surface area contributed by atoms with E-state index < -0.39 is 0 Å². The molecule has 0 bridgehead atoms. The third-order valence-corrected chi connectivity index (χ3v) is 3.90. The lowest BCUT2D eigenvalue weighted by Crippen LogP contribution is -2.47. The standard InChI is InChI=1S/C14H18N4O2/c1-9-7-12(19)17-13(10-3-4-10)14(20)18(9)8-11-15-5-2-6-16-11/h2,5-6,9-10,13H,3-4,7-8H2,1H3,(H,17,19). The molecule has 6 heteroatoms. The molecule has 20 heavy (non-hydrogen) atoms. The SMILES string of the molecule is CC1CC(=O)NC(C2CC2)C(=O)N1Cc1ncccn1. The van der Waals surface area contributed by atoms with E-state index in [4.69, 9.17) is 0 Å². The lowest BCUT2D eigenvalue weighted by atomic mass is 10.1. The molecule has 2 atom stereocenters. The lowest BCUT2D eigenvalue weighted by molar-refractivity contribution is -0.136. The first-order valence-electron chi connectivity index (χ1n) is 7.01. The van der Waals surface area contributed by atoms with E-state index >= 15 is 0 Å². The molecule has 6 nitrogen and oxygen atoms in total. The van der Waals surface area contributed by atoms with Gasteiger partial charge in [0.25, 0.3) is 0 Å². The van der Waals surface area contributed by atoms with Crippen LogP contribution in [0.5, 0.6) is 0 Å². The third kappa shape index (κ3) is 2.64. The van der Waals surface area contributed by atoms with Crippen molar-refractivity contribution in [2.45, 2.75) is 44.8 Å². The molecule has 2 aliphatic rings. The van der Waals surface area contributed by atoms with E-state index in [9.17, 15) is 9.59 Å². The Kier molecular flexibility index (Phi) is 3.38. The van der Waals surface area contributed by atoms with Crippen molar-refractivity contribution in [1.82, 2.24) is 20.2 Å². The van der Waals surface area contributed by atoms with E-state index in [0.29, 0.717) is 24.7 Å². The monoisotopic (exact) mass is 274 g/mol. The van der Waals surface area contributed by atoms with Crippen molar-refractivity contribution < 1.29 is 9.59 Å². The smallest absolute Gasteiger partial charge is 0.246 e. The van der Waals surface area contributed by atoms with Crippen molar-refractivity contribution in [1.29, 1.82) is 0 Å². The Morgan fingerprint density at radius 1 is 1.30 bits per heavy atom. The third-order valence-electron chi connectivity index (χ3n) is 3.90. The minimum absolute atomic E-state index is 0.00157. The van der Waals surface area contributed by atoms with E-state index in [1.807, 2.05) is 6.92 Å². The highest BCUT2D eigenvalue weighted by Gasteiger charge is 2.42. The molecule has 1 N–H and O–H groups in total. The zero-order valence-electron chi connectivity index (χ0n) is 11.5. The molecule has 0 radical (unpaired) electrons. The van der Waals surface area contributed by atoms with Gasteiger partial charge in [-0.15, -0.1) is 0 Å². The molecule has 1 saturated carbocycles. The first-order valence-corrected chi connectivity index (χ1v) is 7.01. The van der Waals surface area contributed by atoms with Crippen LogP contribution in [0.25, 0.3) is 0 Å². The summed E-state index contributed by atoms with van der Waals surface area (Å²) in [4.78, 5) is 34.6. The summed E-state index contributed by atoms with van der Waals surface area (Å²) in [5, 5.41) is 2.87. The van der Waals surface area contributed by atoms with Gasteiger partial charge in [-0.25, -0.2) is 9.97 Å². The van der Waals surface area contributed by atoms with Crippen molar-refractivity contribution in [3.05, 3.63) is 24.3 Å². The van der Waals surface area contributed by atoms with E-state index in [2.05, 4.69) is 15.3 Å². The molecule has 2 amide bonds. The van der Waals surface area contributed by atoms with Crippen LogP contribution in [0.3, 0.4) is 0 Å². The van der Waals surface area contributed by atoms with Gasteiger partial charge in [-0.05, 0) is 31.7 Å². The topological polar surface area (TPSA) is 75.2 Å². The summed E-state index contributed by atoms with van der Waals surface area (Å²) in [6.45, 7) is 2.26. The zero-order chi connectivity index (χ0) is 14.1. The fourth-order valence-corrected chi connectivity index (χ4v) is 2.62. The van der Waals surface area contributed by atoms with Gasteiger partial charge in [-0.2, -0.15) is 0 Å². The maximum atomic E-state index is 12.6. The maximum absolute atomic E-state index is 12.6. The van der Waals surface area contributed by atoms with Crippen LogP contribution < -0.4 is 5.32 Å². The molecule has 1 aliphatic heterocycles. The normalized spacial score (nSPS) is 27.1. The van der Waals surface area contributed by atoms with E-state index in [-0.39, 0.29) is 23.9 Å². The van der Waals surface area contributed by atoms with E-state index in [0.717, 1.165) is 12.8 Å². The average Bonchev–Trinajstić information content (AvgIpc) is 3.26. The van der Waals surface area contributed by atoms with Crippen LogP contribution in [0.4, 0.5) is 0 Å². The summed E-state index contributed by atoms with van der Waals surface area (Å²) in [5.41, 5.74) is 0.